The molecule has 1 nitrogen and oxygen atoms in total. The predicted octanol–water partition coefficient (Wildman–Crippen LogP) is 5.15. The quantitative estimate of drug-likeness (QED) is 0.625. The van der Waals surface area contributed by atoms with Gasteiger partial charge < -0.3 is 5.73 Å². The molecule has 19 heavy (non-hydrogen) atoms. The van der Waals surface area contributed by atoms with Crippen LogP contribution in [0.5, 0.6) is 0 Å². The molecule has 0 spiro atoms. The number of thioether (sulfide) groups is 1. The number of hydrogen-bond donors (Lipinski definition) is 1. The molecular weight excluding hydrogens is 311 g/mol. The van der Waals surface area contributed by atoms with E-state index in [2.05, 4.69) is 0 Å². The highest BCUT2D eigenvalue weighted by Gasteiger charge is 2.12. The van der Waals surface area contributed by atoms with Crippen LogP contribution in [0.2, 0.25) is 10.0 Å². The Morgan fingerprint density at radius 2 is 1.68 bits per heavy atom. The Morgan fingerprint density at radius 3 is 2.32 bits per heavy atom. The van der Waals surface area contributed by atoms with Crippen molar-refractivity contribution >= 4 is 40.7 Å². The molecule has 0 amide bonds. The number of nitrogens with two attached hydrogens (primary N) is 1. The number of halogens is 4. The fraction of sp³-hybridized carbons (Fsp3) is 0.0769. The molecule has 2 N–H and O–H groups in total. The van der Waals surface area contributed by atoms with Gasteiger partial charge in [0.25, 0.3) is 0 Å². The molecule has 6 heteroatoms. The fourth-order valence-corrected chi connectivity index (χ4v) is 2.91. The molecule has 0 radical (unpaired) electrons. The van der Waals surface area contributed by atoms with Crippen LogP contribution < -0.4 is 5.73 Å². The van der Waals surface area contributed by atoms with Gasteiger partial charge in [-0.3, -0.25) is 0 Å². The van der Waals surface area contributed by atoms with Gasteiger partial charge in [-0.25, -0.2) is 8.78 Å². The van der Waals surface area contributed by atoms with E-state index in [-0.39, 0.29) is 10.6 Å². The zero-order chi connectivity index (χ0) is 14.0. The average Bonchev–Trinajstić information content (AvgIpc) is 2.32. The van der Waals surface area contributed by atoms with Crippen molar-refractivity contribution in [1.29, 1.82) is 0 Å². The van der Waals surface area contributed by atoms with E-state index < -0.39 is 11.6 Å². The van der Waals surface area contributed by atoms with Gasteiger partial charge in [-0.1, -0.05) is 23.2 Å². The van der Waals surface area contributed by atoms with Gasteiger partial charge >= 0.3 is 0 Å². The Labute approximate surface area is 123 Å². The Hall–Kier alpha value is -0.970. The van der Waals surface area contributed by atoms with Crippen molar-refractivity contribution in [3.05, 3.63) is 57.6 Å². The lowest BCUT2D eigenvalue weighted by Crippen LogP contribution is -1.94. The first-order valence-corrected chi connectivity index (χ1v) is 7.03. The van der Waals surface area contributed by atoms with Crippen LogP contribution in [0.4, 0.5) is 14.5 Å². The molecule has 0 aromatic heterocycles. The van der Waals surface area contributed by atoms with E-state index in [9.17, 15) is 8.78 Å². The van der Waals surface area contributed by atoms with Crippen molar-refractivity contribution in [1.82, 2.24) is 0 Å². The van der Waals surface area contributed by atoms with E-state index in [1.165, 1.54) is 0 Å². The van der Waals surface area contributed by atoms with E-state index in [1.807, 2.05) is 0 Å². The third kappa shape index (κ3) is 3.53. The Bertz CT molecular complexity index is 597. The molecule has 100 valence electrons. The van der Waals surface area contributed by atoms with Crippen LogP contribution in [0.25, 0.3) is 0 Å². The summed E-state index contributed by atoms with van der Waals surface area (Å²) < 4.78 is 27.2. The Morgan fingerprint density at radius 1 is 1.05 bits per heavy atom. The lowest BCUT2D eigenvalue weighted by atomic mass is 10.2. The molecule has 0 saturated carbocycles. The highest BCUT2D eigenvalue weighted by atomic mass is 35.5. The molecule has 0 aliphatic heterocycles. The van der Waals surface area contributed by atoms with Crippen molar-refractivity contribution in [2.45, 2.75) is 10.6 Å². The Balaban J connectivity index is 2.21. The molecule has 0 bridgehead atoms. The van der Waals surface area contributed by atoms with Crippen molar-refractivity contribution < 1.29 is 8.78 Å². The molecule has 0 aliphatic rings. The second-order valence-electron chi connectivity index (χ2n) is 3.84. The third-order valence-corrected chi connectivity index (χ3v) is 4.14. The SMILES string of the molecule is Nc1cc(F)c(SCc2cc(Cl)ccc2Cl)c(F)c1. The molecule has 0 fully saturated rings. The summed E-state index contributed by atoms with van der Waals surface area (Å²) in [4.78, 5) is -0.0785. The minimum atomic E-state index is -0.680. The first-order valence-electron chi connectivity index (χ1n) is 5.28. The van der Waals surface area contributed by atoms with Gasteiger partial charge in [-0.15, -0.1) is 11.8 Å². The molecule has 0 aliphatic carbocycles. The van der Waals surface area contributed by atoms with Gasteiger partial charge in [0, 0.05) is 21.5 Å². The smallest absolute Gasteiger partial charge is 0.141 e. The molecule has 0 atom stereocenters. The summed E-state index contributed by atoms with van der Waals surface area (Å²) in [6, 6.07) is 7.15. The number of nitrogen functional groups attached to an aromatic ring is 1. The van der Waals surface area contributed by atoms with Gasteiger partial charge in [0.05, 0.1) is 4.90 Å². The van der Waals surface area contributed by atoms with Crippen molar-refractivity contribution in [3.8, 4) is 0 Å². The highest BCUT2D eigenvalue weighted by Crippen LogP contribution is 2.32. The minimum Gasteiger partial charge on any atom is -0.399 e. The van der Waals surface area contributed by atoms with Crippen LogP contribution in [0, 0.1) is 11.6 Å². The van der Waals surface area contributed by atoms with Gasteiger partial charge in [0.15, 0.2) is 0 Å². The molecule has 2 aromatic carbocycles. The number of benzene rings is 2. The lowest BCUT2D eigenvalue weighted by molar-refractivity contribution is 0.542. The molecule has 0 saturated heterocycles. The molecule has 2 aromatic rings. The van der Waals surface area contributed by atoms with Crippen LogP contribution in [-0.4, -0.2) is 0 Å². The number of anilines is 1. The highest BCUT2D eigenvalue weighted by molar-refractivity contribution is 7.98. The normalized spacial score (nSPS) is 10.7. The summed E-state index contributed by atoms with van der Waals surface area (Å²) in [7, 11) is 0. The maximum atomic E-state index is 13.6. The minimum absolute atomic E-state index is 0.0557. The van der Waals surface area contributed by atoms with Gasteiger partial charge in [-0.2, -0.15) is 0 Å². The second-order valence-corrected chi connectivity index (χ2v) is 5.67. The summed E-state index contributed by atoms with van der Waals surface area (Å²) >= 11 is 12.8. The van der Waals surface area contributed by atoms with Crippen molar-refractivity contribution in [2.75, 3.05) is 5.73 Å². The summed E-state index contributed by atoms with van der Waals surface area (Å²) in [5.74, 6) is -1.04. The second kappa shape index (κ2) is 5.99. The van der Waals surface area contributed by atoms with Crippen LogP contribution in [0.3, 0.4) is 0 Å². The fourth-order valence-electron chi connectivity index (χ4n) is 1.52. The lowest BCUT2D eigenvalue weighted by Gasteiger charge is -2.07. The van der Waals surface area contributed by atoms with E-state index >= 15 is 0 Å². The molecule has 2 rings (SSSR count). The maximum Gasteiger partial charge on any atom is 0.141 e. The molecular formula is C13H9Cl2F2NS. The summed E-state index contributed by atoms with van der Waals surface area (Å²) in [5, 5.41) is 1.03. The molecule has 0 unspecified atom stereocenters. The van der Waals surface area contributed by atoms with E-state index in [0.29, 0.717) is 15.8 Å². The van der Waals surface area contributed by atoms with Gasteiger partial charge in [0.1, 0.15) is 11.6 Å². The summed E-state index contributed by atoms with van der Waals surface area (Å²) in [5.41, 5.74) is 6.12. The maximum absolute atomic E-state index is 13.6. The van der Waals surface area contributed by atoms with Gasteiger partial charge in [-0.05, 0) is 35.9 Å². The Kier molecular flexibility index (Phi) is 4.55. The first kappa shape index (κ1) is 14.4. The molecule has 0 heterocycles. The standard InChI is InChI=1S/C13H9Cl2F2NS/c14-8-1-2-10(15)7(3-8)6-19-13-11(16)4-9(18)5-12(13)17/h1-5H,6,18H2. The van der Waals surface area contributed by atoms with Crippen LogP contribution in [-0.2, 0) is 5.75 Å². The van der Waals surface area contributed by atoms with Crippen LogP contribution in [0.1, 0.15) is 5.56 Å². The number of hydrogen-bond acceptors (Lipinski definition) is 2. The topological polar surface area (TPSA) is 26.0 Å². The van der Waals surface area contributed by atoms with E-state index in [1.54, 1.807) is 18.2 Å². The predicted molar refractivity (Wildman–Crippen MR) is 76.8 cm³/mol. The van der Waals surface area contributed by atoms with E-state index in [0.717, 1.165) is 29.5 Å². The monoisotopic (exact) mass is 319 g/mol. The van der Waals surface area contributed by atoms with Gasteiger partial charge in [0.2, 0.25) is 0 Å². The summed E-state index contributed by atoms with van der Waals surface area (Å²) in [6.45, 7) is 0. The zero-order valence-electron chi connectivity index (χ0n) is 9.59. The third-order valence-electron chi connectivity index (χ3n) is 2.40. The first-order chi connectivity index (χ1) is 8.97. The number of rotatable bonds is 3. The van der Waals surface area contributed by atoms with Crippen LogP contribution in [0.15, 0.2) is 35.2 Å². The van der Waals surface area contributed by atoms with Crippen molar-refractivity contribution in [2.24, 2.45) is 0 Å². The van der Waals surface area contributed by atoms with Crippen LogP contribution >= 0.6 is 35.0 Å². The average molecular weight is 320 g/mol. The summed E-state index contributed by atoms with van der Waals surface area (Å²) in [6.07, 6.45) is 0. The van der Waals surface area contributed by atoms with Crippen molar-refractivity contribution in [3.63, 3.8) is 0 Å². The largest absolute Gasteiger partial charge is 0.399 e. The zero-order valence-corrected chi connectivity index (χ0v) is 11.9. The van der Waals surface area contributed by atoms with E-state index in [4.69, 9.17) is 28.9 Å².